The van der Waals surface area contributed by atoms with E-state index in [1.807, 2.05) is 0 Å². The average molecular weight is 283 g/mol. The van der Waals surface area contributed by atoms with Gasteiger partial charge < -0.3 is 5.11 Å². The van der Waals surface area contributed by atoms with Gasteiger partial charge in [-0.3, -0.25) is 0 Å². The normalized spacial score (nSPS) is 18.0. The molecular weight excluding hydrogens is 269 g/mol. The first kappa shape index (κ1) is 14.0. The molecule has 0 atom stereocenters. The molecule has 102 valence electrons. The van der Waals surface area contributed by atoms with Crippen molar-refractivity contribution in [3.05, 3.63) is 35.1 Å². The Bertz CT molecular complexity index is 631. The van der Waals surface area contributed by atoms with E-state index in [9.17, 15) is 12.8 Å². The van der Waals surface area contributed by atoms with Crippen LogP contribution in [0.25, 0.3) is 0 Å². The van der Waals surface area contributed by atoms with Crippen molar-refractivity contribution in [3.63, 3.8) is 0 Å². The van der Waals surface area contributed by atoms with Gasteiger partial charge in [0.1, 0.15) is 12.4 Å². The molecule has 1 aliphatic rings. The lowest BCUT2D eigenvalue weighted by Crippen LogP contribution is -2.25. The van der Waals surface area contributed by atoms with Crippen LogP contribution < -0.4 is 0 Å². The van der Waals surface area contributed by atoms with Crippen molar-refractivity contribution < 1.29 is 17.9 Å². The topological polar surface area (TPSA) is 57.6 Å². The summed E-state index contributed by atoms with van der Waals surface area (Å²) in [6.07, 6.45) is 0.577. The zero-order chi connectivity index (χ0) is 13.9. The van der Waals surface area contributed by atoms with E-state index in [-0.39, 0.29) is 18.9 Å². The van der Waals surface area contributed by atoms with Gasteiger partial charge in [-0.15, -0.1) is 0 Å². The van der Waals surface area contributed by atoms with Crippen LogP contribution >= 0.6 is 0 Å². The highest BCUT2D eigenvalue weighted by molar-refractivity contribution is 7.89. The van der Waals surface area contributed by atoms with E-state index in [0.29, 0.717) is 24.1 Å². The van der Waals surface area contributed by atoms with Crippen molar-refractivity contribution >= 4 is 10.0 Å². The van der Waals surface area contributed by atoms with Crippen LogP contribution in [-0.2, 0) is 16.6 Å². The van der Waals surface area contributed by atoms with Crippen molar-refractivity contribution in [2.45, 2.75) is 13.0 Å². The molecule has 1 aliphatic heterocycles. The molecule has 1 aromatic carbocycles. The molecule has 0 unspecified atom stereocenters. The summed E-state index contributed by atoms with van der Waals surface area (Å²) in [5, 5.41) is 8.61. The number of nitrogens with zero attached hydrogens (tertiary/aromatic N) is 1. The van der Waals surface area contributed by atoms with Gasteiger partial charge in [-0.1, -0.05) is 11.8 Å². The molecule has 1 fully saturated rings. The van der Waals surface area contributed by atoms with Crippen LogP contribution in [0.1, 0.15) is 17.5 Å². The molecule has 0 aliphatic carbocycles. The van der Waals surface area contributed by atoms with E-state index in [4.69, 9.17) is 5.11 Å². The molecule has 4 nitrogen and oxygen atoms in total. The van der Waals surface area contributed by atoms with Crippen LogP contribution in [0, 0.1) is 17.7 Å². The summed E-state index contributed by atoms with van der Waals surface area (Å²) in [6, 6.07) is 4.28. The van der Waals surface area contributed by atoms with Crippen LogP contribution in [0.5, 0.6) is 0 Å². The molecule has 1 aromatic rings. The molecule has 1 heterocycles. The largest absolute Gasteiger partial charge is 0.384 e. The summed E-state index contributed by atoms with van der Waals surface area (Å²) in [7, 11) is -3.24. The van der Waals surface area contributed by atoms with Gasteiger partial charge in [0.15, 0.2) is 0 Å². The number of halogens is 1. The Morgan fingerprint density at radius 3 is 2.84 bits per heavy atom. The molecule has 6 heteroatoms. The van der Waals surface area contributed by atoms with Crippen molar-refractivity contribution in [2.24, 2.45) is 0 Å². The molecule has 0 aromatic heterocycles. The fraction of sp³-hybridized carbons (Fsp3) is 0.385. The Labute approximate surface area is 111 Å². The summed E-state index contributed by atoms with van der Waals surface area (Å²) in [4.78, 5) is 0. The Morgan fingerprint density at radius 2 is 2.21 bits per heavy atom. The number of sulfonamides is 1. The van der Waals surface area contributed by atoms with Gasteiger partial charge in [0.2, 0.25) is 10.0 Å². The first-order chi connectivity index (χ1) is 9.03. The highest BCUT2D eigenvalue weighted by atomic mass is 32.2. The third-order valence-corrected chi connectivity index (χ3v) is 4.81. The molecule has 0 radical (unpaired) electrons. The van der Waals surface area contributed by atoms with Gasteiger partial charge >= 0.3 is 0 Å². The Hall–Kier alpha value is -1.42. The molecule has 1 N–H and O–H groups in total. The standard InChI is InChI=1S/C13H14FNO3S/c14-13-5-4-11(3-1-7-16)9-12(13)10-15-6-2-8-19(15,17)18/h4-5,9,16H,2,6-8,10H2. The zero-order valence-corrected chi connectivity index (χ0v) is 11.1. The quantitative estimate of drug-likeness (QED) is 0.813. The van der Waals surface area contributed by atoms with Crippen molar-refractivity contribution in [2.75, 3.05) is 18.9 Å². The smallest absolute Gasteiger partial charge is 0.214 e. The summed E-state index contributed by atoms with van der Waals surface area (Å²) >= 11 is 0. The zero-order valence-electron chi connectivity index (χ0n) is 10.3. The number of aliphatic hydroxyl groups excluding tert-OH is 1. The van der Waals surface area contributed by atoms with Crippen LogP contribution in [0.4, 0.5) is 4.39 Å². The van der Waals surface area contributed by atoms with Crippen LogP contribution in [0.3, 0.4) is 0 Å². The van der Waals surface area contributed by atoms with Gasteiger partial charge in [-0.05, 0) is 24.6 Å². The van der Waals surface area contributed by atoms with E-state index in [2.05, 4.69) is 11.8 Å². The second-order valence-corrected chi connectivity index (χ2v) is 6.36. The van der Waals surface area contributed by atoms with Gasteiger partial charge in [0, 0.05) is 24.2 Å². The van der Waals surface area contributed by atoms with Crippen LogP contribution in [0.15, 0.2) is 18.2 Å². The van der Waals surface area contributed by atoms with Gasteiger partial charge in [-0.25, -0.2) is 12.8 Å². The number of hydrogen-bond donors (Lipinski definition) is 1. The maximum atomic E-state index is 13.7. The predicted molar refractivity (Wildman–Crippen MR) is 69.2 cm³/mol. The first-order valence-electron chi connectivity index (χ1n) is 5.89. The van der Waals surface area contributed by atoms with Crippen molar-refractivity contribution in [3.8, 4) is 11.8 Å². The monoisotopic (exact) mass is 283 g/mol. The lowest BCUT2D eigenvalue weighted by Gasteiger charge is -2.14. The highest BCUT2D eigenvalue weighted by Crippen LogP contribution is 2.19. The van der Waals surface area contributed by atoms with Gasteiger partial charge in [0.25, 0.3) is 0 Å². The molecule has 0 spiro atoms. The minimum Gasteiger partial charge on any atom is -0.384 e. The molecular formula is C13H14FNO3S. The molecule has 0 saturated carbocycles. The van der Waals surface area contributed by atoms with Crippen molar-refractivity contribution in [1.82, 2.24) is 4.31 Å². The number of benzene rings is 1. The molecule has 0 amide bonds. The minimum absolute atomic E-state index is 0.0306. The van der Waals surface area contributed by atoms with Crippen LogP contribution in [0.2, 0.25) is 0 Å². The maximum Gasteiger partial charge on any atom is 0.214 e. The SMILES string of the molecule is O=S1(=O)CCCN1Cc1cc(C#CCO)ccc1F. The number of aliphatic hydroxyl groups is 1. The van der Waals surface area contributed by atoms with E-state index in [0.717, 1.165) is 0 Å². The van der Waals surface area contributed by atoms with E-state index >= 15 is 0 Å². The minimum atomic E-state index is -3.24. The van der Waals surface area contributed by atoms with E-state index < -0.39 is 15.8 Å². The Balaban J connectivity index is 2.24. The third-order valence-electron chi connectivity index (χ3n) is 2.91. The third kappa shape index (κ3) is 3.32. The highest BCUT2D eigenvalue weighted by Gasteiger charge is 2.28. The fourth-order valence-electron chi connectivity index (χ4n) is 1.97. The molecule has 19 heavy (non-hydrogen) atoms. The average Bonchev–Trinajstić information content (AvgIpc) is 2.70. The number of hydrogen-bond acceptors (Lipinski definition) is 3. The second-order valence-electron chi connectivity index (χ2n) is 4.27. The lowest BCUT2D eigenvalue weighted by molar-refractivity contribution is 0.350. The Kier molecular flexibility index (Phi) is 4.20. The van der Waals surface area contributed by atoms with E-state index in [1.54, 1.807) is 0 Å². The summed E-state index contributed by atoms with van der Waals surface area (Å²) < 4.78 is 38.3. The van der Waals surface area contributed by atoms with Gasteiger partial charge in [-0.2, -0.15) is 4.31 Å². The summed E-state index contributed by atoms with van der Waals surface area (Å²) in [5.41, 5.74) is 0.859. The summed E-state index contributed by atoms with van der Waals surface area (Å²) in [5.74, 6) is 4.82. The fourth-order valence-corrected chi connectivity index (χ4v) is 3.47. The van der Waals surface area contributed by atoms with Crippen LogP contribution in [-0.4, -0.2) is 36.7 Å². The first-order valence-corrected chi connectivity index (χ1v) is 7.50. The number of rotatable bonds is 2. The van der Waals surface area contributed by atoms with E-state index in [1.165, 1.54) is 22.5 Å². The molecule has 0 bridgehead atoms. The predicted octanol–water partition coefficient (Wildman–Crippen LogP) is 0.705. The Morgan fingerprint density at radius 1 is 1.42 bits per heavy atom. The summed E-state index contributed by atoms with van der Waals surface area (Å²) in [6.45, 7) is 0.185. The van der Waals surface area contributed by atoms with Crippen molar-refractivity contribution in [1.29, 1.82) is 0 Å². The maximum absolute atomic E-state index is 13.7. The lowest BCUT2D eigenvalue weighted by atomic mass is 10.1. The van der Waals surface area contributed by atoms with Gasteiger partial charge in [0.05, 0.1) is 5.75 Å². The molecule has 2 rings (SSSR count). The molecule has 1 saturated heterocycles. The second kappa shape index (κ2) is 5.70.